The van der Waals surface area contributed by atoms with Gasteiger partial charge in [-0.1, -0.05) is 13.8 Å². The summed E-state index contributed by atoms with van der Waals surface area (Å²) in [5.41, 5.74) is 2.98. The van der Waals surface area contributed by atoms with Gasteiger partial charge in [-0.2, -0.15) is 0 Å². The van der Waals surface area contributed by atoms with Gasteiger partial charge in [-0.15, -0.1) is 11.3 Å². The van der Waals surface area contributed by atoms with Crippen LogP contribution in [0.3, 0.4) is 0 Å². The van der Waals surface area contributed by atoms with Crippen LogP contribution in [0.1, 0.15) is 37.3 Å². The van der Waals surface area contributed by atoms with E-state index in [1.54, 1.807) is 11.3 Å². The van der Waals surface area contributed by atoms with E-state index in [1.165, 1.54) is 4.88 Å². The third kappa shape index (κ3) is 3.76. The predicted molar refractivity (Wildman–Crippen MR) is 78.1 cm³/mol. The molecule has 0 aliphatic carbocycles. The Morgan fingerprint density at radius 3 is 3.00 bits per heavy atom. The Bertz CT molecular complexity index is 430. The first kappa shape index (κ1) is 14.5. The van der Waals surface area contributed by atoms with Crippen LogP contribution in [0.15, 0.2) is 5.51 Å². The van der Waals surface area contributed by atoms with Crippen molar-refractivity contribution in [3.8, 4) is 0 Å². The predicted octanol–water partition coefficient (Wildman–Crippen LogP) is 2.19. The van der Waals surface area contributed by atoms with E-state index in [4.69, 9.17) is 0 Å². The highest BCUT2D eigenvalue weighted by molar-refractivity contribution is 7.09. The number of nitrogens with one attached hydrogen (secondary N) is 1. The number of thiazole rings is 1. The van der Waals surface area contributed by atoms with Crippen LogP contribution in [0.5, 0.6) is 0 Å². The Balaban J connectivity index is 2.13. The highest BCUT2D eigenvalue weighted by Gasteiger charge is 2.29. The largest absolute Gasteiger partial charge is 0.355 e. The molecule has 5 heteroatoms. The van der Waals surface area contributed by atoms with E-state index >= 15 is 0 Å². The summed E-state index contributed by atoms with van der Waals surface area (Å²) in [5, 5.41) is 3.03. The standard InChI is InChI=1S/C14H23N3OS/c1-10(2)7-12-14(18)15-5-4-6-17(12)8-13-11(3)16-9-19-13/h9-10,12H,4-8H2,1-3H3,(H,15,18). The minimum atomic E-state index is 0.00370. The minimum Gasteiger partial charge on any atom is -0.355 e. The molecule has 1 amide bonds. The van der Waals surface area contributed by atoms with Crippen LogP contribution in [-0.2, 0) is 11.3 Å². The molecule has 2 rings (SSSR count). The van der Waals surface area contributed by atoms with E-state index in [0.29, 0.717) is 5.92 Å². The molecule has 1 N–H and O–H groups in total. The number of rotatable bonds is 4. The van der Waals surface area contributed by atoms with E-state index in [1.807, 2.05) is 12.4 Å². The fourth-order valence-electron chi connectivity index (χ4n) is 2.49. The van der Waals surface area contributed by atoms with Gasteiger partial charge in [0.1, 0.15) is 0 Å². The van der Waals surface area contributed by atoms with Crippen molar-refractivity contribution >= 4 is 17.2 Å². The Morgan fingerprint density at radius 2 is 2.37 bits per heavy atom. The molecule has 0 radical (unpaired) electrons. The molecular formula is C14H23N3OS. The lowest BCUT2D eigenvalue weighted by molar-refractivity contribution is -0.126. The maximum atomic E-state index is 12.2. The lowest BCUT2D eigenvalue weighted by atomic mass is 10.0. The van der Waals surface area contributed by atoms with Crippen molar-refractivity contribution < 1.29 is 4.79 Å². The number of hydrogen-bond acceptors (Lipinski definition) is 4. The van der Waals surface area contributed by atoms with Crippen molar-refractivity contribution in [1.29, 1.82) is 0 Å². The number of amides is 1. The van der Waals surface area contributed by atoms with Gasteiger partial charge >= 0.3 is 0 Å². The SMILES string of the molecule is Cc1ncsc1CN1CCCNC(=O)C1CC(C)C. The maximum Gasteiger partial charge on any atom is 0.237 e. The fourth-order valence-corrected chi connectivity index (χ4v) is 3.29. The van der Waals surface area contributed by atoms with Crippen molar-refractivity contribution in [2.45, 2.75) is 46.2 Å². The summed E-state index contributed by atoms with van der Waals surface area (Å²) in [7, 11) is 0. The Kier molecular flexibility index (Phi) is 4.93. The zero-order valence-corrected chi connectivity index (χ0v) is 12.8. The molecule has 106 valence electrons. The van der Waals surface area contributed by atoms with Crippen molar-refractivity contribution in [3.63, 3.8) is 0 Å². The van der Waals surface area contributed by atoms with Gasteiger partial charge in [-0.05, 0) is 25.7 Å². The molecule has 4 nitrogen and oxygen atoms in total. The lowest BCUT2D eigenvalue weighted by Crippen LogP contribution is -2.44. The zero-order valence-electron chi connectivity index (χ0n) is 12.0. The molecule has 1 atom stereocenters. The van der Waals surface area contributed by atoms with Gasteiger partial charge in [0.2, 0.25) is 5.91 Å². The topological polar surface area (TPSA) is 45.2 Å². The first-order chi connectivity index (χ1) is 9.08. The second-order valence-electron chi connectivity index (χ2n) is 5.62. The monoisotopic (exact) mass is 281 g/mol. The molecule has 19 heavy (non-hydrogen) atoms. The van der Waals surface area contributed by atoms with Gasteiger partial charge in [0.15, 0.2) is 0 Å². The quantitative estimate of drug-likeness (QED) is 0.920. The molecule has 1 aliphatic heterocycles. The third-order valence-electron chi connectivity index (χ3n) is 3.55. The summed E-state index contributed by atoms with van der Waals surface area (Å²) >= 11 is 1.69. The molecule has 0 spiro atoms. The van der Waals surface area contributed by atoms with Crippen molar-refractivity contribution in [2.75, 3.05) is 13.1 Å². The molecule has 1 unspecified atom stereocenters. The maximum absolute atomic E-state index is 12.2. The fraction of sp³-hybridized carbons (Fsp3) is 0.714. The van der Waals surface area contributed by atoms with Gasteiger partial charge in [0.05, 0.1) is 17.2 Å². The summed E-state index contributed by atoms with van der Waals surface area (Å²) in [4.78, 5) is 20.1. The number of carbonyl (C=O) groups is 1. The van der Waals surface area contributed by atoms with Crippen molar-refractivity contribution in [1.82, 2.24) is 15.2 Å². The summed E-state index contributed by atoms with van der Waals surface area (Å²) in [5.74, 6) is 0.715. The Hall–Kier alpha value is -0.940. The Morgan fingerprint density at radius 1 is 1.58 bits per heavy atom. The van der Waals surface area contributed by atoms with Gasteiger partial charge in [-0.3, -0.25) is 9.69 Å². The number of hydrogen-bond donors (Lipinski definition) is 1. The van der Waals surface area contributed by atoms with Gasteiger partial charge in [-0.25, -0.2) is 4.98 Å². The van der Waals surface area contributed by atoms with Crippen LogP contribution in [-0.4, -0.2) is 34.9 Å². The molecule has 2 heterocycles. The number of aryl methyl sites for hydroxylation is 1. The summed E-state index contributed by atoms with van der Waals surface area (Å²) in [6, 6.07) is 0.00370. The van der Waals surface area contributed by atoms with Crippen molar-refractivity contribution in [3.05, 3.63) is 16.1 Å². The summed E-state index contributed by atoms with van der Waals surface area (Å²) in [6.07, 6.45) is 1.95. The van der Waals surface area contributed by atoms with Crippen LogP contribution in [0.2, 0.25) is 0 Å². The molecule has 1 aromatic heterocycles. The van der Waals surface area contributed by atoms with Gasteiger partial charge in [0.25, 0.3) is 0 Å². The van der Waals surface area contributed by atoms with E-state index in [0.717, 1.165) is 38.2 Å². The molecule has 1 aromatic rings. The average molecular weight is 281 g/mol. The second kappa shape index (κ2) is 6.48. The Labute approximate surface area is 119 Å². The molecule has 1 aliphatic rings. The summed E-state index contributed by atoms with van der Waals surface area (Å²) in [6.45, 7) is 9.02. The summed E-state index contributed by atoms with van der Waals surface area (Å²) < 4.78 is 0. The molecule has 1 fully saturated rings. The van der Waals surface area contributed by atoms with E-state index in [2.05, 4.69) is 29.0 Å². The molecule has 0 bridgehead atoms. The third-order valence-corrected chi connectivity index (χ3v) is 4.47. The van der Waals surface area contributed by atoms with E-state index in [9.17, 15) is 4.79 Å². The molecule has 0 aromatic carbocycles. The highest BCUT2D eigenvalue weighted by Crippen LogP contribution is 2.21. The van der Waals surface area contributed by atoms with Crippen LogP contribution in [0.25, 0.3) is 0 Å². The van der Waals surface area contributed by atoms with Crippen LogP contribution < -0.4 is 5.32 Å². The van der Waals surface area contributed by atoms with Crippen LogP contribution in [0.4, 0.5) is 0 Å². The van der Waals surface area contributed by atoms with Gasteiger partial charge in [0, 0.05) is 24.5 Å². The second-order valence-corrected chi connectivity index (χ2v) is 6.56. The number of aromatic nitrogens is 1. The highest BCUT2D eigenvalue weighted by atomic mass is 32.1. The average Bonchev–Trinajstić information content (AvgIpc) is 2.67. The number of carbonyl (C=O) groups excluding carboxylic acids is 1. The number of nitrogens with zero attached hydrogens (tertiary/aromatic N) is 2. The smallest absolute Gasteiger partial charge is 0.237 e. The van der Waals surface area contributed by atoms with E-state index in [-0.39, 0.29) is 11.9 Å². The van der Waals surface area contributed by atoms with Crippen LogP contribution in [0, 0.1) is 12.8 Å². The van der Waals surface area contributed by atoms with E-state index < -0.39 is 0 Å². The molecule has 1 saturated heterocycles. The normalized spacial score (nSPS) is 21.5. The van der Waals surface area contributed by atoms with Crippen molar-refractivity contribution in [2.24, 2.45) is 5.92 Å². The lowest BCUT2D eigenvalue weighted by Gasteiger charge is -2.29. The van der Waals surface area contributed by atoms with Crippen LogP contribution >= 0.6 is 11.3 Å². The molecular weight excluding hydrogens is 258 g/mol. The van der Waals surface area contributed by atoms with Gasteiger partial charge < -0.3 is 5.32 Å². The first-order valence-electron chi connectivity index (χ1n) is 6.98. The minimum absolute atomic E-state index is 0.00370. The zero-order chi connectivity index (χ0) is 13.8. The first-order valence-corrected chi connectivity index (χ1v) is 7.86. The molecule has 0 saturated carbocycles.